The summed E-state index contributed by atoms with van der Waals surface area (Å²) in [5.74, 6) is -0.500. The minimum absolute atomic E-state index is 0. The van der Waals surface area contributed by atoms with E-state index in [-0.39, 0.29) is 7.43 Å². The van der Waals surface area contributed by atoms with E-state index in [2.05, 4.69) is 4.98 Å². The largest absolute Gasteiger partial charge is 0.417 e. The number of oxazole rings is 1. The maximum Gasteiger partial charge on any atom is 0.417 e. The number of fused-ring (bicyclic) bond motifs is 1. The molecule has 0 fully saturated rings. The molecule has 0 radical (unpaired) electrons. The summed E-state index contributed by atoms with van der Waals surface area (Å²) < 4.78 is 4.75. The van der Waals surface area contributed by atoms with Gasteiger partial charge in [-0.05, 0) is 12.1 Å². The number of aromatic amines is 1. The summed E-state index contributed by atoms with van der Waals surface area (Å²) in [7, 11) is 0. The van der Waals surface area contributed by atoms with Gasteiger partial charge in [0, 0.05) is 6.07 Å². The first-order valence-electron chi connectivity index (χ1n) is 3.32. The van der Waals surface area contributed by atoms with Gasteiger partial charge in [0.1, 0.15) is 0 Å². The first-order valence-corrected chi connectivity index (χ1v) is 3.32. The summed E-state index contributed by atoms with van der Waals surface area (Å²) in [6.45, 7) is 0. The fraction of sp³-hybridized carbons (Fsp3) is 0.111. The molecule has 13 heavy (non-hydrogen) atoms. The van der Waals surface area contributed by atoms with Gasteiger partial charge in [0.05, 0.1) is 17.1 Å². The van der Waals surface area contributed by atoms with E-state index >= 15 is 0 Å². The lowest BCUT2D eigenvalue weighted by Gasteiger charge is -1.85. The van der Waals surface area contributed by atoms with E-state index in [0.29, 0.717) is 16.7 Å². The molecule has 1 heterocycles. The highest BCUT2D eigenvalue weighted by Crippen LogP contribution is 2.10. The van der Waals surface area contributed by atoms with Crippen LogP contribution in [0.3, 0.4) is 0 Å². The Hall–Kier alpha value is -2.02. The maximum absolute atomic E-state index is 10.7. The topological polar surface area (TPSA) is 69.8 Å². The zero-order valence-electron chi connectivity index (χ0n) is 6.00. The molecule has 4 nitrogen and oxygen atoms in total. The number of hydrogen-bond acceptors (Lipinski definition) is 3. The predicted octanol–water partition coefficient (Wildman–Crippen LogP) is 1.63. The second-order valence-corrected chi connectivity index (χ2v) is 2.34. The van der Waals surface area contributed by atoms with Crippen LogP contribution >= 0.6 is 0 Å². The zero-order chi connectivity index (χ0) is 8.55. The molecule has 4 heteroatoms. The minimum Gasteiger partial charge on any atom is -0.408 e. The fourth-order valence-corrected chi connectivity index (χ4v) is 1.01. The second-order valence-electron chi connectivity index (χ2n) is 2.34. The number of nitrogens with one attached hydrogen (secondary N) is 1. The molecule has 66 valence electrons. The first kappa shape index (κ1) is 9.07. The predicted molar refractivity (Wildman–Crippen MR) is 48.3 cm³/mol. The summed E-state index contributed by atoms with van der Waals surface area (Å²) in [4.78, 5) is 13.2. The second kappa shape index (κ2) is 3.15. The third-order valence-corrected chi connectivity index (χ3v) is 1.55. The molecule has 1 aromatic carbocycles. The van der Waals surface area contributed by atoms with Gasteiger partial charge in [-0.2, -0.15) is 5.26 Å². The highest BCUT2D eigenvalue weighted by molar-refractivity contribution is 5.73. The summed E-state index contributed by atoms with van der Waals surface area (Å²) in [6.07, 6.45) is 0. The first-order chi connectivity index (χ1) is 5.79. The molecule has 2 rings (SSSR count). The lowest BCUT2D eigenvalue weighted by molar-refractivity contribution is 0.555. The SMILES string of the molecule is C.N#Cc1ccc2[nH]c(=O)oc2c1. The Bertz CT molecular complexity index is 516. The number of nitrogens with zero attached hydrogens (tertiary/aromatic N) is 1. The third kappa shape index (κ3) is 1.44. The summed E-state index contributed by atoms with van der Waals surface area (Å²) >= 11 is 0. The van der Waals surface area contributed by atoms with E-state index in [4.69, 9.17) is 9.68 Å². The molecule has 1 aromatic heterocycles. The lowest BCUT2D eigenvalue weighted by atomic mass is 10.2. The van der Waals surface area contributed by atoms with Crippen LogP contribution in [0.25, 0.3) is 11.1 Å². The summed E-state index contributed by atoms with van der Waals surface area (Å²) in [5.41, 5.74) is 1.50. The van der Waals surface area contributed by atoms with E-state index in [9.17, 15) is 4.79 Å². The Morgan fingerprint density at radius 1 is 1.46 bits per heavy atom. The van der Waals surface area contributed by atoms with E-state index in [1.165, 1.54) is 6.07 Å². The highest BCUT2D eigenvalue weighted by Gasteiger charge is 2.00. The molecule has 0 saturated carbocycles. The number of benzene rings is 1. The van der Waals surface area contributed by atoms with Crippen molar-refractivity contribution in [1.29, 1.82) is 5.26 Å². The van der Waals surface area contributed by atoms with Crippen molar-refractivity contribution in [1.82, 2.24) is 4.98 Å². The molecule has 0 bridgehead atoms. The van der Waals surface area contributed by atoms with Crippen molar-refractivity contribution in [2.45, 2.75) is 7.43 Å². The van der Waals surface area contributed by atoms with Gasteiger partial charge >= 0.3 is 5.76 Å². The molecule has 0 spiro atoms. The van der Waals surface area contributed by atoms with Gasteiger partial charge in [0.2, 0.25) is 0 Å². The van der Waals surface area contributed by atoms with Crippen LogP contribution in [0.5, 0.6) is 0 Å². The maximum atomic E-state index is 10.7. The molecule has 0 saturated heterocycles. The quantitative estimate of drug-likeness (QED) is 0.663. The van der Waals surface area contributed by atoms with Gasteiger partial charge in [-0.3, -0.25) is 4.98 Å². The summed E-state index contributed by atoms with van der Waals surface area (Å²) in [6, 6.07) is 6.73. The van der Waals surface area contributed by atoms with Crippen molar-refractivity contribution in [3.63, 3.8) is 0 Å². The fourth-order valence-electron chi connectivity index (χ4n) is 1.01. The van der Waals surface area contributed by atoms with Gasteiger partial charge in [0.25, 0.3) is 0 Å². The zero-order valence-corrected chi connectivity index (χ0v) is 6.00. The van der Waals surface area contributed by atoms with Gasteiger partial charge in [-0.25, -0.2) is 4.79 Å². The molecular formula is C9H8N2O2. The van der Waals surface area contributed by atoms with Gasteiger partial charge < -0.3 is 4.42 Å². The number of nitriles is 1. The van der Waals surface area contributed by atoms with Crippen molar-refractivity contribution in [3.05, 3.63) is 34.3 Å². The number of H-pyrrole nitrogens is 1. The average molecular weight is 176 g/mol. The van der Waals surface area contributed by atoms with Crippen LogP contribution in [0.2, 0.25) is 0 Å². The molecule has 2 aromatic rings. The van der Waals surface area contributed by atoms with Crippen molar-refractivity contribution in [3.8, 4) is 6.07 Å². The van der Waals surface area contributed by atoms with Crippen molar-refractivity contribution in [2.24, 2.45) is 0 Å². The number of hydrogen-bond donors (Lipinski definition) is 1. The normalized spacial score (nSPS) is 9.15. The van der Waals surface area contributed by atoms with Crippen LogP contribution < -0.4 is 5.76 Å². The Morgan fingerprint density at radius 2 is 2.23 bits per heavy atom. The Morgan fingerprint density at radius 3 is 2.92 bits per heavy atom. The molecule has 0 aliphatic carbocycles. The van der Waals surface area contributed by atoms with Crippen LogP contribution in [0.15, 0.2) is 27.4 Å². The Kier molecular flexibility index (Phi) is 2.20. The average Bonchev–Trinajstić information content (AvgIpc) is 2.43. The van der Waals surface area contributed by atoms with E-state index in [1.807, 2.05) is 6.07 Å². The smallest absolute Gasteiger partial charge is 0.408 e. The molecule has 0 aliphatic rings. The van der Waals surface area contributed by atoms with Gasteiger partial charge in [0.15, 0.2) is 5.58 Å². The molecule has 0 amide bonds. The molecule has 0 atom stereocenters. The van der Waals surface area contributed by atoms with Crippen LogP contribution in [-0.4, -0.2) is 4.98 Å². The molecule has 0 aliphatic heterocycles. The minimum atomic E-state index is -0.500. The van der Waals surface area contributed by atoms with E-state index in [0.717, 1.165) is 0 Å². The standard InChI is InChI=1S/C8H4N2O2.CH4/c9-4-5-1-2-6-7(3-5)12-8(11)10-6;/h1-3H,(H,10,11);1H4. The third-order valence-electron chi connectivity index (χ3n) is 1.55. The molecule has 1 N–H and O–H groups in total. The molecule has 0 unspecified atom stereocenters. The van der Waals surface area contributed by atoms with E-state index in [1.54, 1.807) is 12.1 Å². The highest BCUT2D eigenvalue weighted by atomic mass is 16.4. The monoisotopic (exact) mass is 176 g/mol. The summed E-state index contributed by atoms with van der Waals surface area (Å²) in [5, 5.41) is 8.52. The number of rotatable bonds is 0. The Labute approximate surface area is 74.4 Å². The molecular weight excluding hydrogens is 168 g/mol. The van der Waals surface area contributed by atoms with Gasteiger partial charge in [-0.1, -0.05) is 7.43 Å². The lowest BCUT2D eigenvalue weighted by Crippen LogP contribution is -1.92. The van der Waals surface area contributed by atoms with Crippen LogP contribution in [0.1, 0.15) is 13.0 Å². The number of aromatic nitrogens is 1. The van der Waals surface area contributed by atoms with Crippen LogP contribution in [-0.2, 0) is 0 Å². The Balaban J connectivity index is 0.000000845. The van der Waals surface area contributed by atoms with Crippen LogP contribution in [0.4, 0.5) is 0 Å². The van der Waals surface area contributed by atoms with Crippen molar-refractivity contribution >= 4 is 11.1 Å². The van der Waals surface area contributed by atoms with Gasteiger partial charge in [-0.15, -0.1) is 0 Å². The van der Waals surface area contributed by atoms with Crippen molar-refractivity contribution in [2.75, 3.05) is 0 Å². The van der Waals surface area contributed by atoms with Crippen LogP contribution in [0, 0.1) is 11.3 Å². The van der Waals surface area contributed by atoms with E-state index < -0.39 is 5.76 Å². The van der Waals surface area contributed by atoms with Crippen molar-refractivity contribution < 1.29 is 4.42 Å².